The molecule has 19 heavy (non-hydrogen) atoms. The SMILES string of the molecule is CC(=O)Cc1csc(CC2CCN(C(C)C)CC2)n1. The van der Waals surface area contributed by atoms with E-state index >= 15 is 0 Å². The number of likely N-dealkylation sites (tertiary alicyclic amines) is 1. The zero-order chi connectivity index (χ0) is 13.8. The Kier molecular flexibility index (Phi) is 5.11. The van der Waals surface area contributed by atoms with Gasteiger partial charge < -0.3 is 4.90 Å². The highest BCUT2D eigenvalue weighted by molar-refractivity contribution is 7.09. The topological polar surface area (TPSA) is 33.2 Å². The van der Waals surface area contributed by atoms with Crippen molar-refractivity contribution in [2.24, 2.45) is 5.92 Å². The second kappa shape index (κ2) is 6.62. The van der Waals surface area contributed by atoms with Crippen LogP contribution in [0.25, 0.3) is 0 Å². The lowest BCUT2D eigenvalue weighted by Gasteiger charge is -2.34. The Balaban J connectivity index is 1.82. The number of aromatic nitrogens is 1. The summed E-state index contributed by atoms with van der Waals surface area (Å²) in [5.41, 5.74) is 0.951. The van der Waals surface area contributed by atoms with Crippen LogP contribution in [0.5, 0.6) is 0 Å². The largest absolute Gasteiger partial charge is 0.301 e. The molecule has 0 aromatic carbocycles. The smallest absolute Gasteiger partial charge is 0.135 e. The van der Waals surface area contributed by atoms with E-state index in [-0.39, 0.29) is 5.78 Å². The molecule has 1 saturated heterocycles. The molecule has 1 aliphatic heterocycles. The highest BCUT2D eigenvalue weighted by atomic mass is 32.1. The normalized spacial score (nSPS) is 18.1. The summed E-state index contributed by atoms with van der Waals surface area (Å²) >= 11 is 1.72. The summed E-state index contributed by atoms with van der Waals surface area (Å²) in [4.78, 5) is 18.2. The molecule has 1 aromatic heterocycles. The van der Waals surface area contributed by atoms with Crippen LogP contribution in [0.15, 0.2) is 5.38 Å². The van der Waals surface area contributed by atoms with Crippen LogP contribution in [0.3, 0.4) is 0 Å². The van der Waals surface area contributed by atoms with Crippen LogP contribution in [0.1, 0.15) is 44.3 Å². The molecule has 0 N–H and O–H groups in total. The van der Waals surface area contributed by atoms with Gasteiger partial charge in [0.1, 0.15) is 5.78 Å². The Hall–Kier alpha value is -0.740. The Morgan fingerprint density at radius 2 is 2.16 bits per heavy atom. The first-order valence-corrected chi connectivity index (χ1v) is 8.09. The first kappa shape index (κ1) is 14.7. The minimum atomic E-state index is 0.196. The Morgan fingerprint density at radius 1 is 1.47 bits per heavy atom. The highest BCUT2D eigenvalue weighted by Gasteiger charge is 2.21. The van der Waals surface area contributed by atoms with Crippen molar-refractivity contribution in [3.8, 4) is 0 Å². The van der Waals surface area contributed by atoms with Gasteiger partial charge in [-0.2, -0.15) is 0 Å². The molecule has 0 bridgehead atoms. The number of nitrogens with zero attached hydrogens (tertiary/aromatic N) is 2. The van der Waals surface area contributed by atoms with Gasteiger partial charge in [0.05, 0.1) is 10.7 Å². The maximum absolute atomic E-state index is 11.1. The van der Waals surface area contributed by atoms with Crippen molar-refractivity contribution < 1.29 is 4.79 Å². The van der Waals surface area contributed by atoms with E-state index in [1.807, 2.05) is 5.38 Å². The average Bonchev–Trinajstić information content (AvgIpc) is 2.76. The molecule has 1 fully saturated rings. The molecule has 1 aromatic rings. The van der Waals surface area contributed by atoms with Crippen molar-refractivity contribution in [1.82, 2.24) is 9.88 Å². The van der Waals surface area contributed by atoms with Gasteiger partial charge in [-0.1, -0.05) is 0 Å². The predicted molar refractivity (Wildman–Crippen MR) is 79.6 cm³/mol. The molecule has 0 atom stereocenters. The van der Waals surface area contributed by atoms with Gasteiger partial charge in [0.2, 0.25) is 0 Å². The Bertz CT molecular complexity index is 420. The van der Waals surface area contributed by atoms with Crippen LogP contribution < -0.4 is 0 Å². The molecule has 0 spiro atoms. The van der Waals surface area contributed by atoms with E-state index in [9.17, 15) is 4.79 Å². The summed E-state index contributed by atoms with van der Waals surface area (Å²) in [5.74, 6) is 0.966. The van der Waals surface area contributed by atoms with Crippen molar-refractivity contribution in [2.45, 2.75) is 52.5 Å². The molecule has 0 amide bonds. The molecule has 0 radical (unpaired) electrons. The number of rotatable bonds is 5. The summed E-state index contributed by atoms with van der Waals surface area (Å²) < 4.78 is 0. The second-order valence-electron chi connectivity index (χ2n) is 5.89. The number of carbonyl (C=O) groups is 1. The fourth-order valence-corrected chi connectivity index (χ4v) is 3.61. The lowest BCUT2D eigenvalue weighted by atomic mass is 9.93. The van der Waals surface area contributed by atoms with Gasteiger partial charge >= 0.3 is 0 Å². The third-order valence-corrected chi connectivity index (χ3v) is 4.79. The second-order valence-corrected chi connectivity index (χ2v) is 6.83. The van der Waals surface area contributed by atoms with Gasteiger partial charge in [-0.15, -0.1) is 11.3 Å². The molecule has 106 valence electrons. The van der Waals surface area contributed by atoms with E-state index < -0.39 is 0 Å². The molecule has 2 heterocycles. The maximum atomic E-state index is 11.1. The van der Waals surface area contributed by atoms with Crippen LogP contribution >= 0.6 is 11.3 Å². The average molecular weight is 280 g/mol. The number of thiazole rings is 1. The van der Waals surface area contributed by atoms with Crippen molar-refractivity contribution in [1.29, 1.82) is 0 Å². The van der Waals surface area contributed by atoms with Crippen molar-refractivity contribution in [3.05, 3.63) is 16.1 Å². The van der Waals surface area contributed by atoms with Crippen LogP contribution in [-0.2, 0) is 17.6 Å². The van der Waals surface area contributed by atoms with E-state index in [1.165, 1.54) is 30.9 Å². The molecule has 3 nitrogen and oxygen atoms in total. The fraction of sp³-hybridized carbons (Fsp3) is 0.733. The number of ketones is 1. The highest BCUT2D eigenvalue weighted by Crippen LogP contribution is 2.24. The van der Waals surface area contributed by atoms with Gasteiger partial charge in [0, 0.05) is 24.3 Å². The Labute approximate surface area is 120 Å². The number of carbonyl (C=O) groups excluding carboxylic acids is 1. The van der Waals surface area contributed by atoms with E-state index in [0.717, 1.165) is 18.0 Å². The zero-order valence-electron chi connectivity index (χ0n) is 12.2. The first-order chi connectivity index (χ1) is 9.04. The number of piperidine rings is 1. The molecule has 1 aliphatic rings. The minimum absolute atomic E-state index is 0.196. The maximum Gasteiger partial charge on any atom is 0.135 e. The third kappa shape index (κ3) is 4.39. The van der Waals surface area contributed by atoms with Crippen molar-refractivity contribution in [3.63, 3.8) is 0 Å². The van der Waals surface area contributed by atoms with Crippen molar-refractivity contribution in [2.75, 3.05) is 13.1 Å². The zero-order valence-corrected chi connectivity index (χ0v) is 13.0. The van der Waals surface area contributed by atoms with E-state index in [0.29, 0.717) is 12.5 Å². The van der Waals surface area contributed by atoms with E-state index in [2.05, 4.69) is 23.7 Å². The van der Waals surface area contributed by atoms with Crippen LogP contribution in [-0.4, -0.2) is 34.8 Å². The van der Waals surface area contributed by atoms with Gasteiger partial charge in [-0.3, -0.25) is 4.79 Å². The standard InChI is InChI=1S/C15H24N2OS/c1-11(2)17-6-4-13(5-7-17)9-15-16-14(10-19-15)8-12(3)18/h10-11,13H,4-9H2,1-3H3. The molecule has 0 unspecified atom stereocenters. The van der Waals surface area contributed by atoms with Gasteiger partial charge in [0.15, 0.2) is 0 Å². The van der Waals surface area contributed by atoms with Crippen LogP contribution in [0.2, 0.25) is 0 Å². The third-order valence-electron chi connectivity index (χ3n) is 3.87. The van der Waals surface area contributed by atoms with Crippen molar-refractivity contribution >= 4 is 17.1 Å². The van der Waals surface area contributed by atoms with Crippen LogP contribution in [0, 0.1) is 5.92 Å². The molecule has 0 saturated carbocycles. The minimum Gasteiger partial charge on any atom is -0.301 e. The van der Waals surface area contributed by atoms with Crippen LogP contribution in [0.4, 0.5) is 0 Å². The quantitative estimate of drug-likeness (QED) is 0.831. The van der Waals surface area contributed by atoms with E-state index in [4.69, 9.17) is 0 Å². The fourth-order valence-electron chi connectivity index (χ4n) is 2.70. The lowest BCUT2D eigenvalue weighted by molar-refractivity contribution is -0.116. The van der Waals surface area contributed by atoms with Gasteiger partial charge in [-0.25, -0.2) is 4.98 Å². The summed E-state index contributed by atoms with van der Waals surface area (Å²) in [7, 11) is 0. The predicted octanol–water partition coefficient (Wildman–Crippen LogP) is 2.94. The molecule has 2 rings (SSSR count). The first-order valence-electron chi connectivity index (χ1n) is 7.21. The number of Topliss-reactive ketones (excluding diaryl/α,β-unsaturated/α-hetero) is 1. The summed E-state index contributed by atoms with van der Waals surface area (Å²) in [6.07, 6.45) is 4.14. The number of hydrogen-bond acceptors (Lipinski definition) is 4. The number of hydrogen-bond donors (Lipinski definition) is 0. The summed E-state index contributed by atoms with van der Waals surface area (Å²) in [6, 6.07) is 0.669. The monoisotopic (exact) mass is 280 g/mol. The van der Waals surface area contributed by atoms with E-state index in [1.54, 1.807) is 18.3 Å². The van der Waals surface area contributed by atoms with Gasteiger partial charge in [-0.05, 0) is 52.6 Å². The Morgan fingerprint density at radius 3 is 2.74 bits per heavy atom. The molecular formula is C15H24N2OS. The lowest BCUT2D eigenvalue weighted by Crippen LogP contribution is -2.38. The van der Waals surface area contributed by atoms with Gasteiger partial charge in [0.25, 0.3) is 0 Å². The summed E-state index contributed by atoms with van der Waals surface area (Å²) in [6.45, 7) is 8.60. The molecule has 0 aliphatic carbocycles. The summed E-state index contributed by atoms with van der Waals surface area (Å²) in [5, 5.41) is 3.25. The molecule has 4 heteroatoms. The molecular weight excluding hydrogens is 256 g/mol.